The van der Waals surface area contributed by atoms with Gasteiger partial charge in [0.15, 0.2) is 0 Å². The molecular weight excluding hydrogens is 542 g/mol. The molecule has 0 atom stereocenters. The summed E-state index contributed by atoms with van der Waals surface area (Å²) in [5.74, 6) is -1.67. The van der Waals surface area contributed by atoms with E-state index in [4.69, 9.17) is 28.5 Å². The molecule has 1 heterocycles. The van der Waals surface area contributed by atoms with E-state index in [9.17, 15) is 31.2 Å². The highest BCUT2D eigenvalue weighted by Gasteiger charge is 2.40. The Bertz CT molecular complexity index is 1580. The SMILES string of the molecule is N#Cc1cccc(CN2C(=O)c3c(Cl)ccc(NS(=O)(=O)c4ccc(Cl)c(C(F)(F)F)c4)c3C2=O)c1. The molecule has 184 valence electrons. The third kappa shape index (κ3) is 4.63. The molecular formula is C23H12Cl2F3N3O4S. The lowest BCUT2D eigenvalue weighted by Gasteiger charge is -2.15. The maximum absolute atomic E-state index is 13.2. The maximum Gasteiger partial charge on any atom is 0.417 e. The monoisotopic (exact) mass is 553 g/mol. The molecule has 0 spiro atoms. The van der Waals surface area contributed by atoms with Crippen molar-refractivity contribution in [3.05, 3.63) is 92.5 Å². The van der Waals surface area contributed by atoms with E-state index >= 15 is 0 Å². The van der Waals surface area contributed by atoms with Gasteiger partial charge in [0.1, 0.15) is 0 Å². The number of amides is 2. The van der Waals surface area contributed by atoms with Gasteiger partial charge in [0.2, 0.25) is 0 Å². The summed E-state index contributed by atoms with van der Waals surface area (Å²) in [4.78, 5) is 26.2. The molecule has 13 heteroatoms. The lowest BCUT2D eigenvalue weighted by atomic mass is 10.1. The lowest BCUT2D eigenvalue weighted by Crippen LogP contribution is -2.29. The Morgan fingerprint density at radius 3 is 2.28 bits per heavy atom. The quantitative estimate of drug-likeness (QED) is 0.421. The van der Waals surface area contributed by atoms with Crippen LogP contribution in [0.25, 0.3) is 0 Å². The molecule has 3 aromatic rings. The second-order valence-corrected chi connectivity index (χ2v) is 10.1. The van der Waals surface area contributed by atoms with Crippen LogP contribution in [0.2, 0.25) is 10.0 Å². The first kappa shape index (κ1) is 25.5. The smallest absolute Gasteiger partial charge is 0.279 e. The minimum absolute atomic E-state index is 0.120. The van der Waals surface area contributed by atoms with E-state index in [-0.39, 0.29) is 28.4 Å². The van der Waals surface area contributed by atoms with Crippen LogP contribution in [0.3, 0.4) is 0 Å². The number of nitrogens with one attached hydrogen (secondary N) is 1. The van der Waals surface area contributed by atoms with E-state index in [1.54, 1.807) is 12.1 Å². The summed E-state index contributed by atoms with van der Waals surface area (Å²) in [7, 11) is -4.64. The predicted octanol–water partition coefficient (Wildman–Crippen LogP) is 5.48. The van der Waals surface area contributed by atoms with E-state index in [2.05, 4.69) is 4.72 Å². The van der Waals surface area contributed by atoms with Gasteiger partial charge in [-0.05, 0) is 48.0 Å². The summed E-state index contributed by atoms with van der Waals surface area (Å²) in [6, 6.07) is 12.5. The van der Waals surface area contributed by atoms with Crippen LogP contribution in [0.5, 0.6) is 0 Å². The van der Waals surface area contributed by atoms with Gasteiger partial charge in [0.25, 0.3) is 21.8 Å². The summed E-state index contributed by atoms with van der Waals surface area (Å²) < 4.78 is 67.5. The first-order chi connectivity index (χ1) is 16.8. The van der Waals surface area contributed by atoms with E-state index in [0.717, 1.165) is 23.1 Å². The molecule has 0 saturated carbocycles. The molecule has 0 aliphatic carbocycles. The van der Waals surface area contributed by atoms with E-state index in [0.29, 0.717) is 17.2 Å². The standard InChI is InChI=1S/C23H12Cl2F3N3O4S/c24-16-5-4-14(9-15(16)23(26,27)28)36(34,35)30-18-7-6-17(25)19-20(18)22(33)31(21(19)32)11-13-3-1-2-12(8-13)10-29/h1-9,30H,11H2. The molecule has 0 radical (unpaired) electrons. The highest BCUT2D eigenvalue weighted by atomic mass is 35.5. The number of nitrogens with zero attached hydrogens (tertiary/aromatic N) is 2. The summed E-state index contributed by atoms with van der Waals surface area (Å²) >= 11 is 11.7. The number of carbonyl (C=O) groups is 2. The summed E-state index contributed by atoms with van der Waals surface area (Å²) in [5.41, 5.74) is -1.54. The van der Waals surface area contributed by atoms with Crippen molar-refractivity contribution in [3.8, 4) is 6.07 Å². The summed E-state index contributed by atoms with van der Waals surface area (Å²) in [5, 5.41) is 8.26. The van der Waals surface area contributed by atoms with E-state index < -0.39 is 43.5 Å². The molecule has 4 rings (SSSR count). The molecule has 1 aliphatic heterocycles. The number of anilines is 1. The van der Waals surface area contributed by atoms with Crippen LogP contribution < -0.4 is 4.72 Å². The maximum atomic E-state index is 13.2. The van der Waals surface area contributed by atoms with Gasteiger partial charge in [-0.15, -0.1) is 0 Å². The molecule has 0 unspecified atom stereocenters. The van der Waals surface area contributed by atoms with Crippen molar-refractivity contribution in [1.29, 1.82) is 5.26 Å². The lowest BCUT2D eigenvalue weighted by molar-refractivity contribution is -0.137. The van der Waals surface area contributed by atoms with E-state index in [1.807, 2.05) is 6.07 Å². The number of carbonyl (C=O) groups excluding carboxylic acids is 2. The van der Waals surface area contributed by atoms with Gasteiger partial charge in [0, 0.05) is 0 Å². The van der Waals surface area contributed by atoms with Gasteiger partial charge >= 0.3 is 6.18 Å². The van der Waals surface area contributed by atoms with Crippen molar-refractivity contribution in [1.82, 2.24) is 4.90 Å². The van der Waals surface area contributed by atoms with Crippen molar-refractivity contribution in [3.63, 3.8) is 0 Å². The number of alkyl halides is 3. The number of fused-ring (bicyclic) bond motifs is 1. The van der Waals surface area contributed by atoms with Crippen LogP contribution in [-0.4, -0.2) is 25.1 Å². The average Bonchev–Trinajstić information content (AvgIpc) is 3.06. The zero-order valence-corrected chi connectivity index (χ0v) is 20.1. The fourth-order valence-electron chi connectivity index (χ4n) is 3.61. The number of hydrogen-bond acceptors (Lipinski definition) is 5. The van der Waals surface area contributed by atoms with Crippen LogP contribution >= 0.6 is 23.2 Å². The largest absolute Gasteiger partial charge is 0.417 e. The Morgan fingerprint density at radius 2 is 1.61 bits per heavy atom. The first-order valence-electron chi connectivity index (χ1n) is 9.91. The Balaban J connectivity index is 1.72. The zero-order chi connectivity index (χ0) is 26.4. The number of halogens is 5. The fourth-order valence-corrected chi connectivity index (χ4v) is 5.17. The number of nitriles is 1. The number of hydrogen-bond donors (Lipinski definition) is 1. The van der Waals surface area contributed by atoms with Crippen LogP contribution in [0.15, 0.2) is 59.5 Å². The van der Waals surface area contributed by atoms with Gasteiger partial charge < -0.3 is 0 Å². The topological polar surface area (TPSA) is 107 Å². The fraction of sp³-hybridized carbons (Fsp3) is 0.0870. The Kier molecular flexibility index (Phi) is 6.47. The molecule has 0 aromatic heterocycles. The second-order valence-electron chi connectivity index (χ2n) is 7.60. The van der Waals surface area contributed by atoms with Crippen LogP contribution in [0, 0.1) is 11.3 Å². The third-order valence-electron chi connectivity index (χ3n) is 5.27. The molecule has 0 saturated heterocycles. The van der Waals surface area contributed by atoms with Crippen molar-refractivity contribution in [2.75, 3.05) is 4.72 Å². The van der Waals surface area contributed by atoms with Crippen molar-refractivity contribution >= 4 is 50.7 Å². The van der Waals surface area contributed by atoms with Gasteiger partial charge in [-0.3, -0.25) is 19.2 Å². The van der Waals surface area contributed by atoms with E-state index in [1.165, 1.54) is 18.2 Å². The normalized spacial score (nSPS) is 13.5. The highest BCUT2D eigenvalue weighted by molar-refractivity contribution is 7.92. The van der Waals surface area contributed by atoms with Crippen LogP contribution in [-0.2, 0) is 22.7 Å². The first-order valence-corrected chi connectivity index (χ1v) is 12.1. The molecule has 3 aromatic carbocycles. The van der Waals surface area contributed by atoms with Gasteiger partial charge in [0.05, 0.1) is 55.5 Å². The number of benzene rings is 3. The minimum atomic E-state index is -4.91. The minimum Gasteiger partial charge on any atom is -0.279 e. The molecule has 1 aliphatic rings. The summed E-state index contributed by atoms with van der Waals surface area (Å²) in [6.07, 6.45) is -4.91. The average molecular weight is 554 g/mol. The molecule has 2 amide bonds. The predicted molar refractivity (Wildman–Crippen MR) is 124 cm³/mol. The Hall–Kier alpha value is -3.59. The van der Waals surface area contributed by atoms with Gasteiger partial charge in [-0.1, -0.05) is 35.3 Å². The van der Waals surface area contributed by atoms with Gasteiger partial charge in [-0.2, -0.15) is 18.4 Å². The Labute approximate surface area is 212 Å². The highest BCUT2D eigenvalue weighted by Crippen LogP contribution is 2.38. The van der Waals surface area contributed by atoms with Crippen molar-refractivity contribution < 1.29 is 31.2 Å². The number of imide groups is 1. The zero-order valence-electron chi connectivity index (χ0n) is 17.7. The number of sulfonamides is 1. The molecule has 0 bridgehead atoms. The number of rotatable bonds is 5. The summed E-state index contributed by atoms with van der Waals surface area (Å²) in [6.45, 7) is -0.226. The van der Waals surface area contributed by atoms with Crippen LogP contribution in [0.1, 0.15) is 37.4 Å². The molecule has 0 fully saturated rings. The Morgan fingerprint density at radius 1 is 0.944 bits per heavy atom. The van der Waals surface area contributed by atoms with Gasteiger partial charge in [-0.25, -0.2) is 8.42 Å². The van der Waals surface area contributed by atoms with Crippen molar-refractivity contribution in [2.24, 2.45) is 0 Å². The molecule has 36 heavy (non-hydrogen) atoms. The molecule has 7 nitrogen and oxygen atoms in total. The second kappa shape index (κ2) is 9.13. The van der Waals surface area contributed by atoms with Crippen molar-refractivity contribution in [2.45, 2.75) is 17.6 Å². The third-order valence-corrected chi connectivity index (χ3v) is 7.27. The molecule has 1 N–H and O–H groups in total. The van der Waals surface area contributed by atoms with Crippen LogP contribution in [0.4, 0.5) is 18.9 Å².